The van der Waals surface area contributed by atoms with Gasteiger partial charge >= 0.3 is 11.4 Å². The molecule has 0 unspecified atom stereocenters. The fraction of sp³-hybridized carbons (Fsp3) is 0.200. The van der Waals surface area contributed by atoms with Crippen LogP contribution in [0.5, 0.6) is 5.75 Å². The Hall–Kier alpha value is -2.28. The molecule has 1 aromatic heterocycles. The summed E-state index contributed by atoms with van der Waals surface area (Å²) in [5.41, 5.74) is -0.566. The standard InChI is InChI=1S/C10H11N3O4/c1-16-6-17-8-4-2-7(3-5-8)13-9(14)11-12-10(13)15/h2-5H,6H2,1H3,(H,11,14)(H,12,15). The molecule has 0 spiro atoms. The van der Waals surface area contributed by atoms with E-state index in [4.69, 9.17) is 9.47 Å². The van der Waals surface area contributed by atoms with Crippen LogP contribution in [-0.2, 0) is 4.74 Å². The molecule has 7 heteroatoms. The number of aromatic nitrogens is 3. The van der Waals surface area contributed by atoms with Gasteiger partial charge < -0.3 is 9.47 Å². The largest absolute Gasteiger partial charge is 0.468 e. The summed E-state index contributed by atoms with van der Waals surface area (Å²) in [6.07, 6.45) is 0. The molecule has 7 nitrogen and oxygen atoms in total. The van der Waals surface area contributed by atoms with E-state index in [1.807, 2.05) is 0 Å². The maximum absolute atomic E-state index is 11.3. The Morgan fingerprint density at radius 2 is 1.71 bits per heavy atom. The summed E-state index contributed by atoms with van der Waals surface area (Å²) >= 11 is 0. The van der Waals surface area contributed by atoms with Crippen molar-refractivity contribution in [2.45, 2.75) is 0 Å². The first-order valence-corrected chi connectivity index (χ1v) is 4.84. The van der Waals surface area contributed by atoms with Crippen molar-refractivity contribution in [2.75, 3.05) is 13.9 Å². The molecule has 90 valence electrons. The highest BCUT2D eigenvalue weighted by molar-refractivity contribution is 5.36. The van der Waals surface area contributed by atoms with Gasteiger partial charge in [-0.15, -0.1) is 0 Å². The lowest BCUT2D eigenvalue weighted by molar-refractivity contribution is 0.0511. The SMILES string of the molecule is COCOc1ccc(-n2c(=O)[nH][nH]c2=O)cc1. The number of methoxy groups -OCH3 is 1. The molecule has 0 aliphatic heterocycles. The van der Waals surface area contributed by atoms with Crippen LogP contribution in [0.3, 0.4) is 0 Å². The third-order valence-electron chi connectivity index (χ3n) is 2.12. The summed E-state index contributed by atoms with van der Waals surface area (Å²) in [5, 5.41) is 4.41. The number of hydrogen-bond donors (Lipinski definition) is 2. The van der Waals surface area contributed by atoms with Gasteiger partial charge in [0.25, 0.3) is 0 Å². The molecule has 0 radical (unpaired) electrons. The minimum absolute atomic E-state index is 0.143. The number of benzene rings is 1. The lowest BCUT2D eigenvalue weighted by atomic mass is 10.3. The fourth-order valence-electron chi connectivity index (χ4n) is 1.36. The minimum atomic E-state index is -0.513. The molecule has 2 aromatic rings. The Balaban J connectivity index is 2.30. The molecule has 0 saturated carbocycles. The summed E-state index contributed by atoms with van der Waals surface area (Å²) in [6, 6.07) is 6.51. The predicted octanol–water partition coefficient (Wildman–Crippen LogP) is -0.163. The molecule has 2 rings (SSSR count). The topological polar surface area (TPSA) is 89.1 Å². The van der Waals surface area contributed by atoms with Crippen molar-refractivity contribution in [1.29, 1.82) is 0 Å². The highest BCUT2D eigenvalue weighted by Crippen LogP contribution is 2.13. The van der Waals surface area contributed by atoms with E-state index in [0.717, 1.165) is 4.57 Å². The van der Waals surface area contributed by atoms with E-state index in [-0.39, 0.29) is 6.79 Å². The number of ether oxygens (including phenoxy) is 2. The van der Waals surface area contributed by atoms with Crippen LogP contribution in [0, 0.1) is 0 Å². The average Bonchev–Trinajstić information content (AvgIpc) is 2.67. The summed E-state index contributed by atoms with van der Waals surface area (Å²) in [6.45, 7) is 0.143. The van der Waals surface area contributed by atoms with Gasteiger partial charge in [0, 0.05) is 7.11 Å². The number of rotatable bonds is 4. The van der Waals surface area contributed by atoms with Gasteiger partial charge in [-0.25, -0.2) is 24.4 Å². The zero-order valence-corrected chi connectivity index (χ0v) is 9.10. The quantitative estimate of drug-likeness (QED) is 0.723. The summed E-state index contributed by atoms with van der Waals surface area (Å²) in [5.74, 6) is 0.593. The van der Waals surface area contributed by atoms with E-state index < -0.39 is 11.4 Å². The van der Waals surface area contributed by atoms with E-state index in [1.165, 1.54) is 7.11 Å². The third-order valence-corrected chi connectivity index (χ3v) is 2.12. The van der Waals surface area contributed by atoms with Crippen LogP contribution in [0.15, 0.2) is 33.9 Å². The van der Waals surface area contributed by atoms with E-state index in [0.29, 0.717) is 11.4 Å². The smallest absolute Gasteiger partial charge is 0.348 e. The van der Waals surface area contributed by atoms with Crippen molar-refractivity contribution in [3.8, 4) is 11.4 Å². The molecular weight excluding hydrogens is 226 g/mol. The summed E-state index contributed by atoms with van der Waals surface area (Å²) in [4.78, 5) is 22.6. The van der Waals surface area contributed by atoms with Crippen molar-refractivity contribution in [1.82, 2.24) is 14.8 Å². The zero-order chi connectivity index (χ0) is 12.3. The van der Waals surface area contributed by atoms with Crippen LogP contribution in [0.1, 0.15) is 0 Å². The van der Waals surface area contributed by atoms with E-state index in [9.17, 15) is 9.59 Å². The highest BCUT2D eigenvalue weighted by atomic mass is 16.7. The minimum Gasteiger partial charge on any atom is -0.468 e. The first-order valence-electron chi connectivity index (χ1n) is 4.84. The van der Waals surface area contributed by atoms with Crippen molar-refractivity contribution in [2.24, 2.45) is 0 Å². The molecular formula is C10H11N3O4. The molecule has 0 amide bonds. The highest BCUT2D eigenvalue weighted by Gasteiger charge is 2.05. The molecule has 17 heavy (non-hydrogen) atoms. The molecule has 0 saturated heterocycles. The molecule has 0 atom stereocenters. The zero-order valence-electron chi connectivity index (χ0n) is 9.10. The van der Waals surface area contributed by atoms with Crippen LogP contribution in [0.2, 0.25) is 0 Å². The van der Waals surface area contributed by atoms with Gasteiger partial charge in [-0.3, -0.25) is 0 Å². The Labute approximate surface area is 95.6 Å². The molecule has 0 aliphatic rings. The normalized spacial score (nSPS) is 10.4. The lowest BCUT2D eigenvalue weighted by Crippen LogP contribution is -2.24. The van der Waals surface area contributed by atoms with Crippen LogP contribution >= 0.6 is 0 Å². The molecule has 1 heterocycles. The Bertz CT molecular complexity index is 566. The van der Waals surface area contributed by atoms with Crippen LogP contribution in [0.4, 0.5) is 0 Å². The van der Waals surface area contributed by atoms with Crippen LogP contribution in [-0.4, -0.2) is 28.7 Å². The van der Waals surface area contributed by atoms with Crippen molar-refractivity contribution < 1.29 is 9.47 Å². The molecule has 0 bridgehead atoms. The van der Waals surface area contributed by atoms with Crippen LogP contribution < -0.4 is 16.1 Å². The van der Waals surface area contributed by atoms with E-state index in [2.05, 4.69) is 10.2 Å². The van der Waals surface area contributed by atoms with Gasteiger partial charge in [0.05, 0.1) is 5.69 Å². The van der Waals surface area contributed by atoms with Gasteiger partial charge in [-0.1, -0.05) is 0 Å². The predicted molar refractivity (Wildman–Crippen MR) is 59.5 cm³/mol. The molecule has 0 fully saturated rings. The first-order chi connectivity index (χ1) is 8.22. The Morgan fingerprint density at radius 1 is 1.12 bits per heavy atom. The Morgan fingerprint density at radius 3 is 2.24 bits per heavy atom. The van der Waals surface area contributed by atoms with Crippen molar-refractivity contribution in [3.63, 3.8) is 0 Å². The number of nitrogens with one attached hydrogen (secondary N) is 2. The molecule has 0 aliphatic carbocycles. The van der Waals surface area contributed by atoms with Gasteiger partial charge in [-0.05, 0) is 24.3 Å². The molecule has 1 aromatic carbocycles. The van der Waals surface area contributed by atoms with Gasteiger partial charge in [0.1, 0.15) is 5.75 Å². The average molecular weight is 237 g/mol. The number of hydrogen-bond acceptors (Lipinski definition) is 4. The monoisotopic (exact) mass is 237 g/mol. The second kappa shape index (κ2) is 4.71. The number of aromatic amines is 2. The van der Waals surface area contributed by atoms with Gasteiger partial charge in [0.15, 0.2) is 6.79 Å². The van der Waals surface area contributed by atoms with Crippen molar-refractivity contribution in [3.05, 3.63) is 45.2 Å². The lowest BCUT2D eigenvalue weighted by Gasteiger charge is -2.05. The van der Waals surface area contributed by atoms with Crippen LogP contribution in [0.25, 0.3) is 5.69 Å². The number of H-pyrrole nitrogens is 2. The summed E-state index contributed by atoms with van der Waals surface area (Å²) in [7, 11) is 1.52. The van der Waals surface area contributed by atoms with E-state index in [1.54, 1.807) is 24.3 Å². The first kappa shape index (κ1) is 11.2. The maximum atomic E-state index is 11.3. The van der Waals surface area contributed by atoms with Crippen molar-refractivity contribution >= 4 is 0 Å². The fourth-order valence-corrected chi connectivity index (χ4v) is 1.36. The summed E-state index contributed by atoms with van der Waals surface area (Å²) < 4.78 is 10.9. The third kappa shape index (κ3) is 2.28. The van der Waals surface area contributed by atoms with Gasteiger partial charge in [0.2, 0.25) is 0 Å². The Kier molecular flexibility index (Phi) is 3.10. The van der Waals surface area contributed by atoms with Gasteiger partial charge in [-0.2, -0.15) is 0 Å². The van der Waals surface area contributed by atoms with E-state index >= 15 is 0 Å². The second-order valence-electron chi connectivity index (χ2n) is 3.24. The second-order valence-corrected chi connectivity index (χ2v) is 3.24. The molecule has 2 N–H and O–H groups in total. The number of nitrogens with zero attached hydrogens (tertiary/aromatic N) is 1. The maximum Gasteiger partial charge on any atom is 0.348 e.